The molecule has 0 aliphatic rings. The summed E-state index contributed by atoms with van der Waals surface area (Å²) in [6.45, 7) is 12.7. The number of rotatable bonds is 14. The molecule has 1 heterocycles. The average Bonchev–Trinajstić information content (AvgIpc) is 3.36. The van der Waals surface area contributed by atoms with E-state index in [1.54, 1.807) is 11.4 Å². The second kappa shape index (κ2) is 14.6. The summed E-state index contributed by atoms with van der Waals surface area (Å²) in [5.41, 5.74) is 2.49. The Morgan fingerprint density at radius 3 is 2.36 bits per heavy atom. The molecule has 0 saturated carbocycles. The van der Waals surface area contributed by atoms with Gasteiger partial charge in [-0.1, -0.05) is 61.9 Å². The van der Waals surface area contributed by atoms with Gasteiger partial charge < -0.3 is 10.2 Å². The van der Waals surface area contributed by atoms with Crippen LogP contribution in [0, 0.1) is 6.92 Å². The molecule has 0 radical (unpaired) electrons. The number of aryl methyl sites for hydroxylation is 1. The zero-order chi connectivity index (χ0) is 28.4. The summed E-state index contributed by atoms with van der Waals surface area (Å²) in [7, 11) is 0. The van der Waals surface area contributed by atoms with Crippen molar-refractivity contribution in [2.24, 2.45) is 0 Å². The van der Waals surface area contributed by atoms with E-state index in [-0.39, 0.29) is 11.9 Å². The minimum Gasteiger partial charge on any atom is -0.348 e. The number of hydrogen-bond acceptors (Lipinski definition) is 5. The number of amides is 1. The van der Waals surface area contributed by atoms with Gasteiger partial charge in [0.1, 0.15) is 10.7 Å². The quantitative estimate of drug-likeness (QED) is 0.233. The summed E-state index contributed by atoms with van der Waals surface area (Å²) in [5, 5.41) is 5.54. The number of carbonyl (C=O) groups is 1. The van der Waals surface area contributed by atoms with E-state index in [2.05, 4.69) is 33.9 Å². The van der Waals surface area contributed by atoms with Gasteiger partial charge in [-0.25, -0.2) is 4.98 Å². The first-order valence-corrected chi connectivity index (χ1v) is 14.4. The van der Waals surface area contributed by atoms with Gasteiger partial charge in [-0.2, -0.15) is 13.2 Å². The SMILES string of the molecule is CCN(CC)CCCC(C)NC(=O)c1csc(CN(Cc2ccc(C)cc2)Cc2cccc(C(F)(F)F)c2)n1. The summed E-state index contributed by atoms with van der Waals surface area (Å²) >= 11 is 1.39. The molecule has 0 aliphatic heterocycles. The molecule has 1 atom stereocenters. The third-order valence-corrected chi connectivity index (χ3v) is 7.55. The first kappa shape index (κ1) is 30.8. The monoisotopic (exact) mass is 560 g/mol. The number of thiazole rings is 1. The number of alkyl halides is 3. The summed E-state index contributed by atoms with van der Waals surface area (Å²) in [6, 6.07) is 13.6. The minimum absolute atomic E-state index is 0.0390. The Morgan fingerprint density at radius 1 is 1.00 bits per heavy atom. The van der Waals surface area contributed by atoms with E-state index in [0.29, 0.717) is 30.9 Å². The van der Waals surface area contributed by atoms with Crippen LogP contribution in [0.15, 0.2) is 53.9 Å². The van der Waals surface area contributed by atoms with Crippen LogP contribution >= 0.6 is 11.3 Å². The van der Waals surface area contributed by atoms with Crippen molar-refractivity contribution < 1.29 is 18.0 Å². The highest BCUT2D eigenvalue weighted by Crippen LogP contribution is 2.30. The van der Waals surface area contributed by atoms with Crippen molar-refractivity contribution in [3.05, 3.63) is 86.9 Å². The molecular formula is C30H39F3N4OS. The fraction of sp³-hybridized carbons (Fsp3) is 0.467. The van der Waals surface area contributed by atoms with Crippen molar-refractivity contribution in [1.82, 2.24) is 20.1 Å². The predicted octanol–water partition coefficient (Wildman–Crippen LogP) is 6.91. The van der Waals surface area contributed by atoms with Crippen LogP contribution in [0.2, 0.25) is 0 Å². The molecule has 1 amide bonds. The van der Waals surface area contributed by atoms with Gasteiger partial charge in [0, 0.05) is 24.5 Å². The molecule has 1 N–H and O–H groups in total. The number of benzene rings is 2. The Morgan fingerprint density at radius 2 is 1.69 bits per heavy atom. The third-order valence-electron chi connectivity index (χ3n) is 6.71. The molecule has 212 valence electrons. The molecule has 3 aromatic rings. The van der Waals surface area contributed by atoms with Crippen molar-refractivity contribution in [1.29, 1.82) is 0 Å². The first-order chi connectivity index (χ1) is 18.6. The Bertz CT molecular complexity index is 1180. The van der Waals surface area contributed by atoms with Crippen molar-refractivity contribution >= 4 is 17.2 Å². The van der Waals surface area contributed by atoms with Crippen molar-refractivity contribution in [2.75, 3.05) is 19.6 Å². The van der Waals surface area contributed by atoms with Gasteiger partial charge in [0.15, 0.2) is 0 Å². The van der Waals surface area contributed by atoms with Gasteiger partial charge in [-0.3, -0.25) is 9.69 Å². The molecule has 1 unspecified atom stereocenters. The van der Waals surface area contributed by atoms with E-state index in [9.17, 15) is 18.0 Å². The Balaban J connectivity index is 1.66. The smallest absolute Gasteiger partial charge is 0.348 e. The molecule has 0 saturated heterocycles. The van der Waals surface area contributed by atoms with Crippen LogP contribution in [0.4, 0.5) is 13.2 Å². The van der Waals surface area contributed by atoms with E-state index in [1.165, 1.54) is 23.5 Å². The van der Waals surface area contributed by atoms with Crippen LogP contribution in [-0.4, -0.2) is 46.4 Å². The van der Waals surface area contributed by atoms with Crippen LogP contribution in [0.5, 0.6) is 0 Å². The third kappa shape index (κ3) is 10.1. The molecule has 0 fully saturated rings. The zero-order valence-corrected chi connectivity index (χ0v) is 24.0. The van der Waals surface area contributed by atoms with Gasteiger partial charge >= 0.3 is 6.18 Å². The maximum atomic E-state index is 13.3. The molecule has 0 spiro atoms. The van der Waals surface area contributed by atoms with Gasteiger partial charge in [-0.05, 0) is 63.5 Å². The maximum absolute atomic E-state index is 13.3. The van der Waals surface area contributed by atoms with Gasteiger partial charge in [-0.15, -0.1) is 11.3 Å². The fourth-order valence-corrected chi connectivity index (χ4v) is 5.25. The maximum Gasteiger partial charge on any atom is 0.416 e. The number of carbonyl (C=O) groups excluding carboxylic acids is 1. The highest BCUT2D eigenvalue weighted by molar-refractivity contribution is 7.09. The Kier molecular flexibility index (Phi) is 11.5. The van der Waals surface area contributed by atoms with Crippen LogP contribution in [0.1, 0.15) is 71.4 Å². The van der Waals surface area contributed by atoms with E-state index in [0.717, 1.165) is 54.7 Å². The lowest BCUT2D eigenvalue weighted by atomic mass is 10.1. The highest BCUT2D eigenvalue weighted by Gasteiger charge is 2.30. The predicted molar refractivity (Wildman–Crippen MR) is 152 cm³/mol. The fourth-order valence-electron chi connectivity index (χ4n) is 4.43. The lowest BCUT2D eigenvalue weighted by Crippen LogP contribution is -2.34. The second-order valence-electron chi connectivity index (χ2n) is 10.00. The summed E-state index contributed by atoms with van der Waals surface area (Å²) in [5.74, 6) is -0.198. The number of nitrogens with zero attached hydrogens (tertiary/aromatic N) is 3. The molecule has 3 rings (SSSR count). The van der Waals surface area contributed by atoms with E-state index in [1.807, 2.05) is 38.1 Å². The summed E-state index contributed by atoms with van der Waals surface area (Å²) in [6.07, 6.45) is -2.49. The average molecular weight is 561 g/mol. The molecule has 9 heteroatoms. The van der Waals surface area contributed by atoms with Crippen molar-refractivity contribution in [2.45, 2.75) is 72.4 Å². The lowest BCUT2D eigenvalue weighted by molar-refractivity contribution is -0.137. The van der Waals surface area contributed by atoms with Crippen molar-refractivity contribution in [3.63, 3.8) is 0 Å². The number of hydrogen-bond donors (Lipinski definition) is 1. The molecule has 0 aliphatic carbocycles. The molecule has 39 heavy (non-hydrogen) atoms. The lowest BCUT2D eigenvalue weighted by Gasteiger charge is -2.22. The Hall–Kier alpha value is -2.75. The minimum atomic E-state index is -4.39. The normalized spacial score (nSPS) is 12.7. The van der Waals surface area contributed by atoms with Gasteiger partial charge in [0.25, 0.3) is 5.91 Å². The van der Waals surface area contributed by atoms with E-state index < -0.39 is 11.7 Å². The number of aromatic nitrogens is 1. The Labute approximate surface area is 234 Å². The van der Waals surface area contributed by atoms with Crippen LogP contribution < -0.4 is 5.32 Å². The van der Waals surface area contributed by atoms with Crippen LogP contribution in [0.25, 0.3) is 0 Å². The largest absolute Gasteiger partial charge is 0.416 e. The molecule has 1 aromatic heterocycles. The highest BCUT2D eigenvalue weighted by atomic mass is 32.1. The standard InChI is InChI=1S/C30H39F3N4OS/c1-5-36(6-2)16-8-9-23(4)34-29(38)27-21-39-28(35-27)20-37(18-24-14-12-22(3)13-15-24)19-25-10-7-11-26(17-25)30(31,32)33/h7,10-15,17,21,23H,5-6,8-9,16,18-20H2,1-4H3,(H,34,38). The second-order valence-corrected chi connectivity index (χ2v) is 10.9. The zero-order valence-electron chi connectivity index (χ0n) is 23.2. The van der Waals surface area contributed by atoms with E-state index >= 15 is 0 Å². The van der Waals surface area contributed by atoms with Gasteiger partial charge in [0.05, 0.1) is 12.1 Å². The van der Waals surface area contributed by atoms with Crippen LogP contribution in [-0.2, 0) is 25.8 Å². The van der Waals surface area contributed by atoms with Gasteiger partial charge in [0.2, 0.25) is 0 Å². The summed E-state index contributed by atoms with van der Waals surface area (Å²) in [4.78, 5) is 21.8. The molecular weight excluding hydrogens is 521 g/mol. The summed E-state index contributed by atoms with van der Waals surface area (Å²) < 4.78 is 39.8. The van der Waals surface area contributed by atoms with Crippen LogP contribution in [0.3, 0.4) is 0 Å². The molecule has 5 nitrogen and oxygen atoms in total. The van der Waals surface area contributed by atoms with E-state index in [4.69, 9.17) is 0 Å². The number of halogens is 3. The number of nitrogens with one attached hydrogen (secondary N) is 1. The molecule has 0 bridgehead atoms. The first-order valence-electron chi connectivity index (χ1n) is 13.5. The topological polar surface area (TPSA) is 48.5 Å². The van der Waals surface area contributed by atoms with Crippen molar-refractivity contribution in [3.8, 4) is 0 Å². The molecule has 2 aromatic carbocycles.